The lowest BCUT2D eigenvalue weighted by Gasteiger charge is -2.37. The van der Waals surface area contributed by atoms with Gasteiger partial charge in [0.2, 0.25) is 0 Å². The summed E-state index contributed by atoms with van der Waals surface area (Å²) in [5.74, 6) is 1.34. The summed E-state index contributed by atoms with van der Waals surface area (Å²) in [6, 6.07) is 5.37. The molecule has 4 heteroatoms. The van der Waals surface area contributed by atoms with Crippen molar-refractivity contribution >= 4 is 17.4 Å². The average molecular weight is 311 g/mol. The van der Waals surface area contributed by atoms with Gasteiger partial charge in [0.15, 0.2) is 5.78 Å². The summed E-state index contributed by atoms with van der Waals surface area (Å²) in [7, 11) is 3.25. The Labute approximate surface area is 131 Å². The van der Waals surface area contributed by atoms with E-state index in [1.807, 2.05) is 0 Å². The number of Topliss-reactive ketones (excluding diaryl/α,β-unsaturated/α-hetero) is 1. The largest absolute Gasteiger partial charge is 0.496 e. The standard InChI is InChI=1S/C17H23ClO3/c1-12-5-4-8-17(11-12,21-3)16(19)10-13-9-14(18)6-7-15(13)20-2/h6-7,9,12H,4-5,8,10-11H2,1-3H3. The second-order valence-corrected chi connectivity index (χ2v) is 6.39. The summed E-state index contributed by atoms with van der Waals surface area (Å²) in [6.07, 6.45) is 4.09. The molecule has 0 bridgehead atoms. The van der Waals surface area contributed by atoms with E-state index in [1.165, 1.54) is 6.42 Å². The number of rotatable bonds is 5. The van der Waals surface area contributed by atoms with Crippen LogP contribution in [0.2, 0.25) is 5.02 Å². The van der Waals surface area contributed by atoms with E-state index < -0.39 is 5.60 Å². The van der Waals surface area contributed by atoms with Gasteiger partial charge < -0.3 is 9.47 Å². The fraction of sp³-hybridized carbons (Fsp3) is 0.588. The number of methoxy groups -OCH3 is 2. The van der Waals surface area contributed by atoms with Crippen molar-refractivity contribution in [2.45, 2.75) is 44.6 Å². The van der Waals surface area contributed by atoms with Gasteiger partial charge in [-0.25, -0.2) is 0 Å². The summed E-state index contributed by atoms with van der Waals surface area (Å²) in [6.45, 7) is 2.18. The van der Waals surface area contributed by atoms with Crippen molar-refractivity contribution in [1.29, 1.82) is 0 Å². The molecule has 0 saturated heterocycles. The highest BCUT2D eigenvalue weighted by molar-refractivity contribution is 6.30. The van der Waals surface area contributed by atoms with E-state index >= 15 is 0 Å². The zero-order chi connectivity index (χ0) is 15.5. The molecule has 21 heavy (non-hydrogen) atoms. The molecule has 2 unspecified atom stereocenters. The number of hydrogen-bond donors (Lipinski definition) is 0. The Morgan fingerprint density at radius 3 is 2.81 bits per heavy atom. The van der Waals surface area contributed by atoms with Crippen molar-refractivity contribution in [3.05, 3.63) is 28.8 Å². The van der Waals surface area contributed by atoms with Crippen LogP contribution in [-0.2, 0) is 16.0 Å². The van der Waals surface area contributed by atoms with Crippen LogP contribution in [0, 0.1) is 5.92 Å². The number of hydrogen-bond acceptors (Lipinski definition) is 3. The summed E-state index contributed by atoms with van der Waals surface area (Å²) >= 11 is 6.04. The third-order valence-corrected chi connectivity index (χ3v) is 4.68. The molecule has 1 fully saturated rings. The van der Waals surface area contributed by atoms with Gasteiger partial charge in [-0.05, 0) is 43.4 Å². The SMILES string of the molecule is COc1ccc(Cl)cc1CC(=O)C1(OC)CCCC(C)C1. The summed E-state index contributed by atoms with van der Waals surface area (Å²) in [5.41, 5.74) is 0.176. The van der Waals surface area contributed by atoms with Crippen molar-refractivity contribution in [2.75, 3.05) is 14.2 Å². The van der Waals surface area contributed by atoms with Gasteiger partial charge in [-0.2, -0.15) is 0 Å². The number of carbonyl (C=O) groups excluding carboxylic acids is 1. The zero-order valence-electron chi connectivity index (χ0n) is 12.9. The third-order valence-electron chi connectivity index (χ3n) is 4.45. The Balaban J connectivity index is 2.21. The smallest absolute Gasteiger partial charge is 0.169 e. The minimum absolute atomic E-state index is 0.122. The highest BCUT2D eigenvalue weighted by Gasteiger charge is 2.41. The van der Waals surface area contributed by atoms with Gasteiger partial charge in [0, 0.05) is 24.1 Å². The van der Waals surface area contributed by atoms with Crippen molar-refractivity contribution < 1.29 is 14.3 Å². The molecule has 0 spiro atoms. The molecule has 2 atom stereocenters. The number of halogens is 1. The summed E-state index contributed by atoms with van der Waals surface area (Å²) in [4.78, 5) is 12.8. The lowest BCUT2D eigenvalue weighted by Crippen LogP contribution is -2.45. The molecule has 0 N–H and O–H groups in total. The lowest BCUT2D eigenvalue weighted by molar-refractivity contribution is -0.146. The Morgan fingerprint density at radius 2 is 2.19 bits per heavy atom. The van der Waals surface area contributed by atoms with E-state index in [1.54, 1.807) is 32.4 Å². The maximum Gasteiger partial charge on any atom is 0.169 e. The number of benzene rings is 1. The van der Waals surface area contributed by atoms with Crippen molar-refractivity contribution in [3.8, 4) is 5.75 Å². The minimum Gasteiger partial charge on any atom is -0.496 e. The molecular weight excluding hydrogens is 288 g/mol. The number of ketones is 1. The summed E-state index contributed by atoms with van der Waals surface area (Å²) < 4.78 is 11.0. The van der Waals surface area contributed by atoms with Crippen molar-refractivity contribution in [1.82, 2.24) is 0 Å². The predicted molar refractivity (Wildman–Crippen MR) is 84.1 cm³/mol. The molecule has 1 aromatic rings. The van der Waals surface area contributed by atoms with Gasteiger partial charge in [-0.15, -0.1) is 0 Å². The molecule has 0 aromatic heterocycles. The van der Waals surface area contributed by atoms with Gasteiger partial charge in [-0.3, -0.25) is 4.79 Å². The molecule has 3 nitrogen and oxygen atoms in total. The van der Waals surface area contributed by atoms with Crippen LogP contribution in [0.5, 0.6) is 5.75 Å². The first-order valence-electron chi connectivity index (χ1n) is 7.41. The van der Waals surface area contributed by atoms with Gasteiger partial charge in [0.1, 0.15) is 11.4 Å². The first-order valence-corrected chi connectivity index (χ1v) is 7.79. The van der Waals surface area contributed by atoms with Crippen LogP contribution in [0.4, 0.5) is 0 Å². The Morgan fingerprint density at radius 1 is 1.43 bits per heavy atom. The van der Waals surface area contributed by atoms with Gasteiger partial charge in [0.05, 0.1) is 7.11 Å². The average Bonchev–Trinajstić information content (AvgIpc) is 2.47. The van der Waals surface area contributed by atoms with Crippen LogP contribution in [0.25, 0.3) is 0 Å². The van der Waals surface area contributed by atoms with E-state index in [2.05, 4.69) is 6.92 Å². The first-order chi connectivity index (χ1) is 10.0. The predicted octanol–water partition coefficient (Wildman–Crippen LogP) is 4.06. The molecule has 1 aromatic carbocycles. The van der Waals surface area contributed by atoms with E-state index in [0.29, 0.717) is 23.1 Å². The van der Waals surface area contributed by atoms with Crippen LogP contribution in [0.15, 0.2) is 18.2 Å². The van der Waals surface area contributed by atoms with E-state index in [0.717, 1.165) is 24.8 Å². The fourth-order valence-electron chi connectivity index (χ4n) is 3.27. The number of ether oxygens (including phenoxy) is 2. The quantitative estimate of drug-likeness (QED) is 0.823. The topological polar surface area (TPSA) is 35.5 Å². The molecule has 0 amide bonds. The molecule has 116 valence electrons. The highest BCUT2D eigenvalue weighted by Crippen LogP contribution is 2.37. The Hall–Kier alpha value is -1.06. The third kappa shape index (κ3) is 3.58. The molecule has 2 rings (SSSR count). The fourth-order valence-corrected chi connectivity index (χ4v) is 3.47. The van der Waals surface area contributed by atoms with Gasteiger partial charge in [0.25, 0.3) is 0 Å². The monoisotopic (exact) mass is 310 g/mol. The second kappa shape index (κ2) is 6.80. The lowest BCUT2D eigenvalue weighted by atomic mass is 9.75. The maximum atomic E-state index is 12.8. The normalized spacial score (nSPS) is 25.6. The van der Waals surface area contributed by atoms with Crippen molar-refractivity contribution in [3.63, 3.8) is 0 Å². The van der Waals surface area contributed by atoms with Gasteiger partial charge >= 0.3 is 0 Å². The molecule has 1 aliphatic rings. The highest BCUT2D eigenvalue weighted by atomic mass is 35.5. The maximum absolute atomic E-state index is 12.8. The number of carbonyl (C=O) groups is 1. The van der Waals surface area contributed by atoms with E-state index in [-0.39, 0.29) is 5.78 Å². The second-order valence-electron chi connectivity index (χ2n) is 5.96. The van der Waals surface area contributed by atoms with Crippen LogP contribution in [0.1, 0.15) is 38.2 Å². The molecule has 0 heterocycles. The molecule has 1 aliphatic carbocycles. The van der Waals surface area contributed by atoms with E-state index in [4.69, 9.17) is 21.1 Å². The molecule has 0 aliphatic heterocycles. The Bertz CT molecular complexity index is 515. The molecule has 1 saturated carbocycles. The van der Waals surface area contributed by atoms with E-state index in [9.17, 15) is 4.79 Å². The van der Waals surface area contributed by atoms with Crippen LogP contribution in [-0.4, -0.2) is 25.6 Å². The van der Waals surface area contributed by atoms with Crippen LogP contribution in [0.3, 0.4) is 0 Å². The van der Waals surface area contributed by atoms with Crippen LogP contribution >= 0.6 is 11.6 Å². The molecule has 0 radical (unpaired) electrons. The molecular formula is C17H23ClO3. The zero-order valence-corrected chi connectivity index (χ0v) is 13.7. The first kappa shape index (κ1) is 16.3. The summed E-state index contributed by atoms with van der Waals surface area (Å²) in [5, 5.41) is 0.613. The Kier molecular flexibility index (Phi) is 5.28. The van der Waals surface area contributed by atoms with Gasteiger partial charge in [-0.1, -0.05) is 24.9 Å². The minimum atomic E-state index is -0.648. The van der Waals surface area contributed by atoms with Crippen molar-refractivity contribution in [2.24, 2.45) is 5.92 Å². The van der Waals surface area contributed by atoms with Crippen LogP contribution < -0.4 is 4.74 Å².